The smallest absolute Gasteiger partial charge is 0.317 e. The van der Waals surface area contributed by atoms with E-state index in [1.165, 1.54) is 0 Å². The fourth-order valence-electron chi connectivity index (χ4n) is 2.36. The van der Waals surface area contributed by atoms with Gasteiger partial charge in [0.1, 0.15) is 12.4 Å². The number of nitrogens with zero attached hydrogens (tertiary/aromatic N) is 1. The molecular weight excluding hydrogens is 292 g/mol. The molecule has 0 bridgehead atoms. The number of aliphatic hydroxyl groups excluding tert-OH is 1. The van der Waals surface area contributed by atoms with Crippen LogP contribution in [0.3, 0.4) is 0 Å². The second kappa shape index (κ2) is 7.52. The molecule has 1 aromatic carbocycles. The molecule has 1 aliphatic heterocycles. The van der Waals surface area contributed by atoms with Crippen molar-refractivity contribution in [1.29, 1.82) is 0 Å². The molecule has 1 heterocycles. The Morgan fingerprint density at radius 2 is 2.33 bits per heavy atom. The summed E-state index contributed by atoms with van der Waals surface area (Å²) in [6.45, 7) is 3.84. The van der Waals surface area contributed by atoms with Crippen LogP contribution in [-0.2, 0) is 0 Å². The van der Waals surface area contributed by atoms with E-state index in [0.29, 0.717) is 37.0 Å². The van der Waals surface area contributed by atoms with E-state index in [1.54, 1.807) is 24.0 Å². The minimum atomic E-state index is -0.369. The van der Waals surface area contributed by atoms with Gasteiger partial charge in [0.15, 0.2) is 0 Å². The number of amides is 2. The molecule has 1 aromatic rings. The van der Waals surface area contributed by atoms with Gasteiger partial charge in [0.25, 0.3) is 0 Å². The Morgan fingerprint density at radius 3 is 3.00 bits per heavy atom. The quantitative estimate of drug-likeness (QED) is 0.819. The van der Waals surface area contributed by atoms with Gasteiger partial charge in [-0.3, -0.25) is 0 Å². The van der Waals surface area contributed by atoms with Crippen molar-refractivity contribution in [2.24, 2.45) is 5.92 Å². The van der Waals surface area contributed by atoms with Gasteiger partial charge in [0, 0.05) is 19.0 Å². The van der Waals surface area contributed by atoms with E-state index in [9.17, 15) is 9.90 Å². The number of carbonyl (C=O) groups excluding carboxylic acids is 1. The standard InChI is InChI=1S/C15H21ClN2O3/c1-11(19)12-6-8-18(10-12)15(20)17-7-9-21-14-5-3-2-4-13(14)16/h2-5,11-12,19H,6-10H2,1H3,(H,17,20)/t11-,12+/m1/s1. The molecular formula is C15H21ClN2O3. The maximum Gasteiger partial charge on any atom is 0.317 e. The van der Waals surface area contributed by atoms with Crippen molar-refractivity contribution in [2.75, 3.05) is 26.2 Å². The predicted octanol–water partition coefficient (Wildman–Crippen LogP) is 2.13. The number of halogens is 1. The van der Waals surface area contributed by atoms with Gasteiger partial charge in [-0.15, -0.1) is 0 Å². The number of hydrogen-bond acceptors (Lipinski definition) is 3. The number of rotatable bonds is 5. The molecule has 2 rings (SSSR count). The van der Waals surface area contributed by atoms with Crippen LogP contribution in [-0.4, -0.2) is 48.4 Å². The Morgan fingerprint density at radius 1 is 1.57 bits per heavy atom. The highest BCUT2D eigenvalue weighted by molar-refractivity contribution is 6.32. The third-order valence-corrected chi connectivity index (χ3v) is 3.98. The first-order valence-electron chi connectivity index (χ1n) is 7.16. The van der Waals surface area contributed by atoms with Gasteiger partial charge in [-0.05, 0) is 25.5 Å². The minimum absolute atomic E-state index is 0.110. The van der Waals surface area contributed by atoms with Crippen molar-refractivity contribution in [3.05, 3.63) is 29.3 Å². The zero-order chi connectivity index (χ0) is 15.2. The van der Waals surface area contributed by atoms with E-state index in [-0.39, 0.29) is 18.1 Å². The lowest BCUT2D eigenvalue weighted by Gasteiger charge is -2.18. The van der Waals surface area contributed by atoms with Gasteiger partial charge in [-0.1, -0.05) is 23.7 Å². The van der Waals surface area contributed by atoms with Gasteiger partial charge in [0.05, 0.1) is 17.7 Å². The summed E-state index contributed by atoms with van der Waals surface area (Å²) in [4.78, 5) is 13.7. The summed E-state index contributed by atoms with van der Waals surface area (Å²) in [5, 5.41) is 12.9. The number of urea groups is 1. The monoisotopic (exact) mass is 312 g/mol. The number of hydrogen-bond donors (Lipinski definition) is 2. The van der Waals surface area contributed by atoms with Crippen molar-refractivity contribution >= 4 is 17.6 Å². The maximum atomic E-state index is 11.9. The first kappa shape index (κ1) is 15.9. The highest BCUT2D eigenvalue weighted by Crippen LogP contribution is 2.22. The lowest BCUT2D eigenvalue weighted by Crippen LogP contribution is -2.40. The van der Waals surface area contributed by atoms with Crippen molar-refractivity contribution in [1.82, 2.24) is 10.2 Å². The molecule has 1 saturated heterocycles. The Kier molecular flexibility index (Phi) is 5.70. The number of carbonyl (C=O) groups is 1. The molecule has 0 saturated carbocycles. The average molecular weight is 313 g/mol. The van der Waals surface area contributed by atoms with Crippen molar-refractivity contribution in [2.45, 2.75) is 19.4 Å². The van der Waals surface area contributed by atoms with E-state index in [1.807, 2.05) is 12.1 Å². The normalized spacial score (nSPS) is 19.4. The summed E-state index contributed by atoms with van der Waals surface area (Å²) < 4.78 is 5.50. The zero-order valence-electron chi connectivity index (χ0n) is 12.1. The summed E-state index contributed by atoms with van der Waals surface area (Å²) in [6, 6.07) is 7.12. The minimum Gasteiger partial charge on any atom is -0.490 e. The number of para-hydroxylation sites is 1. The van der Waals surface area contributed by atoms with Gasteiger partial charge in [-0.25, -0.2) is 4.79 Å². The number of likely N-dealkylation sites (tertiary alicyclic amines) is 1. The Hall–Kier alpha value is -1.46. The highest BCUT2D eigenvalue weighted by Gasteiger charge is 2.28. The third kappa shape index (κ3) is 4.51. The molecule has 0 aliphatic carbocycles. The van der Waals surface area contributed by atoms with E-state index in [4.69, 9.17) is 16.3 Å². The lowest BCUT2D eigenvalue weighted by molar-refractivity contribution is 0.129. The van der Waals surface area contributed by atoms with Crippen molar-refractivity contribution < 1.29 is 14.6 Å². The molecule has 1 fully saturated rings. The van der Waals surface area contributed by atoms with Crippen LogP contribution >= 0.6 is 11.6 Å². The Labute approximate surface area is 129 Å². The van der Waals surface area contributed by atoms with Crippen LogP contribution < -0.4 is 10.1 Å². The van der Waals surface area contributed by atoms with Crippen LogP contribution in [0.2, 0.25) is 5.02 Å². The summed E-state index contributed by atoms with van der Waals surface area (Å²) in [5.41, 5.74) is 0. The van der Waals surface area contributed by atoms with Gasteiger partial charge < -0.3 is 20.1 Å². The van der Waals surface area contributed by atoms with E-state index in [0.717, 1.165) is 6.42 Å². The third-order valence-electron chi connectivity index (χ3n) is 3.67. The van der Waals surface area contributed by atoms with E-state index >= 15 is 0 Å². The molecule has 0 spiro atoms. The summed E-state index contributed by atoms with van der Waals surface area (Å²) in [7, 11) is 0. The molecule has 1 aliphatic rings. The topological polar surface area (TPSA) is 61.8 Å². The largest absolute Gasteiger partial charge is 0.490 e. The summed E-state index contributed by atoms with van der Waals surface area (Å²) in [6.07, 6.45) is 0.479. The Bertz CT molecular complexity index is 482. The molecule has 0 radical (unpaired) electrons. The molecule has 6 heteroatoms. The van der Waals surface area contributed by atoms with Crippen LogP contribution in [0.25, 0.3) is 0 Å². The number of nitrogens with one attached hydrogen (secondary N) is 1. The Balaban J connectivity index is 1.67. The van der Waals surface area contributed by atoms with E-state index in [2.05, 4.69) is 5.32 Å². The number of aliphatic hydroxyl groups is 1. The van der Waals surface area contributed by atoms with Crippen LogP contribution in [0.4, 0.5) is 4.79 Å². The predicted molar refractivity (Wildman–Crippen MR) is 81.7 cm³/mol. The van der Waals surface area contributed by atoms with Gasteiger partial charge in [-0.2, -0.15) is 0 Å². The first-order chi connectivity index (χ1) is 10.1. The first-order valence-corrected chi connectivity index (χ1v) is 7.54. The van der Waals surface area contributed by atoms with Crippen molar-refractivity contribution in [3.63, 3.8) is 0 Å². The molecule has 5 nitrogen and oxygen atoms in total. The summed E-state index contributed by atoms with van der Waals surface area (Å²) >= 11 is 5.97. The fourth-order valence-corrected chi connectivity index (χ4v) is 2.55. The van der Waals surface area contributed by atoms with E-state index < -0.39 is 0 Å². The lowest BCUT2D eigenvalue weighted by atomic mass is 10.0. The van der Waals surface area contributed by atoms with Crippen LogP contribution in [0.1, 0.15) is 13.3 Å². The molecule has 0 aromatic heterocycles. The fraction of sp³-hybridized carbons (Fsp3) is 0.533. The van der Waals surface area contributed by atoms with Crippen molar-refractivity contribution in [3.8, 4) is 5.75 Å². The maximum absolute atomic E-state index is 11.9. The molecule has 0 unspecified atom stereocenters. The average Bonchev–Trinajstić information content (AvgIpc) is 2.95. The van der Waals surface area contributed by atoms with Gasteiger partial charge in [0.2, 0.25) is 0 Å². The number of benzene rings is 1. The molecule has 116 valence electrons. The number of ether oxygens (including phenoxy) is 1. The van der Waals surface area contributed by atoms with Gasteiger partial charge >= 0.3 is 6.03 Å². The summed E-state index contributed by atoms with van der Waals surface area (Å²) in [5.74, 6) is 0.791. The highest BCUT2D eigenvalue weighted by atomic mass is 35.5. The molecule has 21 heavy (non-hydrogen) atoms. The van der Waals surface area contributed by atoms with Crippen LogP contribution in [0.5, 0.6) is 5.75 Å². The molecule has 2 N–H and O–H groups in total. The van der Waals surface area contributed by atoms with Crippen LogP contribution in [0, 0.1) is 5.92 Å². The molecule has 2 amide bonds. The SMILES string of the molecule is C[C@@H](O)[C@H]1CCN(C(=O)NCCOc2ccccc2Cl)C1. The zero-order valence-corrected chi connectivity index (χ0v) is 12.8. The van der Waals surface area contributed by atoms with Crippen LogP contribution in [0.15, 0.2) is 24.3 Å². The second-order valence-corrected chi connectivity index (χ2v) is 5.65. The second-order valence-electron chi connectivity index (χ2n) is 5.25. The molecule has 2 atom stereocenters.